The third-order valence-electron chi connectivity index (χ3n) is 5.53. The summed E-state index contributed by atoms with van der Waals surface area (Å²) in [5.74, 6) is 1.83. The Labute approximate surface area is 206 Å². The Balaban J connectivity index is 1.41. The molecule has 2 heterocycles. The van der Waals surface area contributed by atoms with Crippen molar-refractivity contribution in [1.29, 1.82) is 0 Å². The van der Waals surface area contributed by atoms with E-state index < -0.39 is 0 Å². The number of hydrogen-bond donors (Lipinski definition) is 2. The second-order valence-electron chi connectivity index (χ2n) is 8.14. The van der Waals surface area contributed by atoms with Crippen LogP contribution < -0.4 is 14.8 Å². The zero-order valence-electron chi connectivity index (χ0n) is 19.3. The molecule has 5 rings (SSSR count). The monoisotopic (exact) mass is 488 g/mol. The number of nitrogens with one attached hydrogen (secondary N) is 1. The fourth-order valence-electron chi connectivity index (χ4n) is 3.92. The molecule has 1 aliphatic rings. The Bertz CT molecular complexity index is 1400. The molecule has 0 saturated heterocycles. The standard InChI is InChI=1S/C26H24N4O4S/c1-16-7-9-20(17(2)13-16)30-25(19-5-3-4-6-21(19)31)28-29-26(30)35-15-24(32)27-18-8-10-22-23(14-18)34-12-11-33-22/h3-10,13-14,31H,11-12,15H2,1-2H3,(H,27,32). The lowest BCUT2D eigenvalue weighted by Gasteiger charge is -2.19. The van der Waals surface area contributed by atoms with E-state index in [9.17, 15) is 9.90 Å². The Hall–Kier alpha value is -3.98. The van der Waals surface area contributed by atoms with Crippen molar-refractivity contribution >= 4 is 23.4 Å². The minimum Gasteiger partial charge on any atom is -0.507 e. The number of thioether (sulfide) groups is 1. The highest BCUT2D eigenvalue weighted by Gasteiger charge is 2.21. The maximum Gasteiger partial charge on any atom is 0.234 e. The van der Waals surface area contributed by atoms with Crippen LogP contribution in [0.3, 0.4) is 0 Å². The number of amides is 1. The van der Waals surface area contributed by atoms with Gasteiger partial charge in [0.25, 0.3) is 0 Å². The topological polar surface area (TPSA) is 98.5 Å². The molecule has 0 spiro atoms. The van der Waals surface area contributed by atoms with Gasteiger partial charge in [-0.25, -0.2) is 0 Å². The van der Waals surface area contributed by atoms with E-state index in [-0.39, 0.29) is 17.4 Å². The number of aromatic hydroxyl groups is 1. The van der Waals surface area contributed by atoms with E-state index in [1.807, 2.05) is 36.6 Å². The third kappa shape index (κ3) is 4.81. The van der Waals surface area contributed by atoms with Gasteiger partial charge in [0.1, 0.15) is 19.0 Å². The minimum atomic E-state index is -0.189. The van der Waals surface area contributed by atoms with Crippen LogP contribution in [0, 0.1) is 13.8 Å². The maximum absolute atomic E-state index is 12.7. The van der Waals surface area contributed by atoms with E-state index in [0.29, 0.717) is 46.9 Å². The SMILES string of the molecule is Cc1ccc(-n2c(SCC(=O)Nc3ccc4c(c3)OCCO4)nnc2-c2ccccc2O)c(C)c1. The Kier molecular flexibility index (Phi) is 6.33. The Morgan fingerprint density at radius 2 is 1.83 bits per heavy atom. The number of phenols is 1. The van der Waals surface area contributed by atoms with Crippen molar-refractivity contribution in [1.82, 2.24) is 14.8 Å². The summed E-state index contributed by atoms with van der Waals surface area (Å²) < 4.78 is 13.0. The molecular weight excluding hydrogens is 464 g/mol. The minimum absolute atomic E-state index is 0.110. The van der Waals surface area contributed by atoms with Crippen LogP contribution in [0.4, 0.5) is 5.69 Å². The van der Waals surface area contributed by atoms with E-state index in [2.05, 4.69) is 21.6 Å². The number of fused-ring (bicyclic) bond motifs is 1. The second kappa shape index (κ2) is 9.71. The summed E-state index contributed by atoms with van der Waals surface area (Å²) in [6.45, 7) is 5.04. The van der Waals surface area contributed by atoms with Crippen molar-refractivity contribution in [2.24, 2.45) is 0 Å². The van der Waals surface area contributed by atoms with Crippen molar-refractivity contribution in [3.8, 4) is 34.3 Å². The van der Waals surface area contributed by atoms with Gasteiger partial charge in [-0.1, -0.05) is 41.6 Å². The number of carbonyl (C=O) groups excluding carboxylic acids is 1. The van der Waals surface area contributed by atoms with Crippen LogP contribution >= 0.6 is 11.8 Å². The first-order valence-corrected chi connectivity index (χ1v) is 12.1. The van der Waals surface area contributed by atoms with Crippen molar-refractivity contribution in [2.45, 2.75) is 19.0 Å². The molecule has 0 atom stereocenters. The van der Waals surface area contributed by atoms with Gasteiger partial charge in [0, 0.05) is 11.8 Å². The van der Waals surface area contributed by atoms with Gasteiger partial charge in [-0.05, 0) is 49.7 Å². The first-order chi connectivity index (χ1) is 17.0. The summed E-state index contributed by atoms with van der Waals surface area (Å²) in [6.07, 6.45) is 0. The molecule has 0 saturated carbocycles. The van der Waals surface area contributed by atoms with E-state index in [1.54, 1.807) is 36.4 Å². The molecule has 0 bridgehead atoms. The van der Waals surface area contributed by atoms with E-state index in [0.717, 1.165) is 16.8 Å². The number of aryl methyl sites for hydroxylation is 2. The Morgan fingerprint density at radius 3 is 2.63 bits per heavy atom. The van der Waals surface area contributed by atoms with Crippen LogP contribution in [-0.2, 0) is 4.79 Å². The van der Waals surface area contributed by atoms with Crippen LogP contribution in [0.1, 0.15) is 11.1 Å². The highest BCUT2D eigenvalue weighted by Crippen LogP contribution is 2.35. The highest BCUT2D eigenvalue weighted by molar-refractivity contribution is 7.99. The summed E-state index contributed by atoms with van der Waals surface area (Å²) in [4.78, 5) is 12.7. The summed E-state index contributed by atoms with van der Waals surface area (Å²) in [7, 11) is 0. The van der Waals surface area contributed by atoms with Crippen LogP contribution in [0.25, 0.3) is 17.1 Å². The fraction of sp³-hybridized carbons (Fsp3) is 0.192. The number of hydrogen-bond acceptors (Lipinski definition) is 7. The summed E-state index contributed by atoms with van der Waals surface area (Å²) in [5, 5.41) is 22.6. The highest BCUT2D eigenvalue weighted by atomic mass is 32.2. The number of anilines is 1. The zero-order valence-corrected chi connectivity index (χ0v) is 20.1. The number of para-hydroxylation sites is 1. The molecule has 9 heteroatoms. The van der Waals surface area contributed by atoms with Crippen molar-refractivity contribution in [3.05, 3.63) is 71.8 Å². The number of benzene rings is 3. The molecule has 1 aliphatic heterocycles. The summed E-state index contributed by atoms with van der Waals surface area (Å²) in [5.41, 5.74) is 4.24. The lowest BCUT2D eigenvalue weighted by molar-refractivity contribution is -0.113. The van der Waals surface area contributed by atoms with Gasteiger partial charge in [0.2, 0.25) is 5.91 Å². The van der Waals surface area contributed by atoms with Gasteiger partial charge in [-0.3, -0.25) is 9.36 Å². The Morgan fingerprint density at radius 1 is 1.03 bits per heavy atom. The summed E-state index contributed by atoms with van der Waals surface area (Å²) >= 11 is 1.27. The molecular formula is C26H24N4O4S. The van der Waals surface area contributed by atoms with Gasteiger partial charge in [-0.2, -0.15) is 0 Å². The number of phenolic OH excluding ortho intramolecular Hbond substituents is 1. The average molecular weight is 489 g/mol. The van der Waals surface area contributed by atoms with Gasteiger partial charge < -0.3 is 19.9 Å². The van der Waals surface area contributed by atoms with Crippen LogP contribution in [0.2, 0.25) is 0 Å². The normalized spacial score (nSPS) is 12.4. The quantitative estimate of drug-likeness (QED) is 0.378. The molecule has 1 aromatic heterocycles. The molecule has 0 unspecified atom stereocenters. The fourth-order valence-corrected chi connectivity index (χ4v) is 4.67. The van der Waals surface area contributed by atoms with Crippen molar-refractivity contribution in [2.75, 3.05) is 24.3 Å². The predicted octanol–water partition coefficient (Wildman–Crippen LogP) is 4.76. The van der Waals surface area contributed by atoms with Gasteiger partial charge in [-0.15, -0.1) is 10.2 Å². The van der Waals surface area contributed by atoms with Gasteiger partial charge in [0.05, 0.1) is 17.0 Å². The second-order valence-corrected chi connectivity index (χ2v) is 9.09. The predicted molar refractivity (Wildman–Crippen MR) is 135 cm³/mol. The van der Waals surface area contributed by atoms with Crippen LogP contribution in [0.5, 0.6) is 17.2 Å². The number of nitrogens with zero attached hydrogens (tertiary/aromatic N) is 3. The number of carbonyl (C=O) groups is 1. The lowest BCUT2D eigenvalue weighted by Crippen LogP contribution is -2.17. The first kappa shape index (κ1) is 22.8. The largest absolute Gasteiger partial charge is 0.507 e. The summed E-state index contributed by atoms with van der Waals surface area (Å²) in [6, 6.07) is 18.4. The smallest absolute Gasteiger partial charge is 0.234 e. The third-order valence-corrected chi connectivity index (χ3v) is 6.46. The maximum atomic E-state index is 12.7. The molecule has 0 aliphatic carbocycles. The molecule has 4 aromatic rings. The van der Waals surface area contributed by atoms with Crippen LogP contribution in [0.15, 0.2) is 65.8 Å². The van der Waals surface area contributed by atoms with E-state index >= 15 is 0 Å². The number of ether oxygens (including phenoxy) is 2. The number of aromatic nitrogens is 3. The zero-order chi connectivity index (χ0) is 24.4. The molecule has 8 nitrogen and oxygen atoms in total. The molecule has 2 N–H and O–H groups in total. The van der Waals surface area contributed by atoms with E-state index in [4.69, 9.17) is 9.47 Å². The molecule has 0 radical (unpaired) electrons. The van der Waals surface area contributed by atoms with Gasteiger partial charge >= 0.3 is 0 Å². The van der Waals surface area contributed by atoms with Crippen LogP contribution in [-0.4, -0.2) is 44.7 Å². The molecule has 35 heavy (non-hydrogen) atoms. The molecule has 178 valence electrons. The lowest BCUT2D eigenvalue weighted by atomic mass is 10.1. The molecule has 3 aromatic carbocycles. The van der Waals surface area contributed by atoms with Crippen molar-refractivity contribution in [3.63, 3.8) is 0 Å². The molecule has 1 amide bonds. The number of rotatable bonds is 6. The molecule has 0 fully saturated rings. The first-order valence-electron chi connectivity index (χ1n) is 11.1. The average Bonchev–Trinajstić information content (AvgIpc) is 3.26. The van der Waals surface area contributed by atoms with Gasteiger partial charge in [0.15, 0.2) is 22.5 Å². The van der Waals surface area contributed by atoms with Crippen molar-refractivity contribution < 1.29 is 19.4 Å². The van der Waals surface area contributed by atoms with E-state index in [1.165, 1.54) is 11.8 Å².